The molecular formula is C15H16N6OS2. The minimum atomic E-state index is 0.0114. The lowest BCUT2D eigenvalue weighted by molar-refractivity contribution is -0.127. The van der Waals surface area contributed by atoms with Crippen molar-refractivity contribution in [3.63, 3.8) is 0 Å². The minimum absolute atomic E-state index is 0.0114. The van der Waals surface area contributed by atoms with Crippen molar-refractivity contribution < 1.29 is 4.79 Å². The van der Waals surface area contributed by atoms with Gasteiger partial charge >= 0.3 is 0 Å². The molecule has 0 aliphatic heterocycles. The molecule has 0 bridgehead atoms. The smallest absolute Gasteiger partial charge is 0.233 e. The molecule has 0 atom stereocenters. The molecule has 0 saturated heterocycles. The maximum atomic E-state index is 12.2. The molecule has 2 heterocycles. The molecule has 3 aromatic rings. The Morgan fingerprint density at radius 2 is 2.12 bits per heavy atom. The van der Waals surface area contributed by atoms with Gasteiger partial charge in [-0.05, 0) is 10.4 Å². The van der Waals surface area contributed by atoms with E-state index in [2.05, 4.69) is 20.5 Å². The fourth-order valence-corrected chi connectivity index (χ4v) is 3.61. The largest absolute Gasteiger partial charge is 0.339 e. The van der Waals surface area contributed by atoms with Crippen molar-refractivity contribution >= 4 is 29.0 Å². The zero-order chi connectivity index (χ0) is 16.9. The van der Waals surface area contributed by atoms with Crippen molar-refractivity contribution in [2.45, 2.75) is 11.7 Å². The summed E-state index contributed by atoms with van der Waals surface area (Å²) in [5.74, 6) is 0.303. The normalized spacial score (nSPS) is 10.8. The van der Waals surface area contributed by atoms with Gasteiger partial charge in [0.1, 0.15) is 5.01 Å². The van der Waals surface area contributed by atoms with Gasteiger partial charge in [-0.2, -0.15) is 0 Å². The highest BCUT2D eigenvalue weighted by molar-refractivity contribution is 7.99. The topological polar surface area (TPSA) is 76.8 Å². The van der Waals surface area contributed by atoms with Gasteiger partial charge in [0.2, 0.25) is 11.1 Å². The zero-order valence-corrected chi connectivity index (χ0v) is 14.9. The molecule has 0 aliphatic rings. The number of thiazole rings is 1. The number of hydrogen-bond acceptors (Lipinski definition) is 7. The first-order chi connectivity index (χ1) is 11.6. The Labute approximate surface area is 147 Å². The number of hydrogen-bond donors (Lipinski definition) is 0. The van der Waals surface area contributed by atoms with Crippen molar-refractivity contribution in [1.29, 1.82) is 0 Å². The molecule has 24 heavy (non-hydrogen) atoms. The first kappa shape index (κ1) is 16.6. The van der Waals surface area contributed by atoms with Crippen LogP contribution < -0.4 is 0 Å². The van der Waals surface area contributed by atoms with E-state index in [1.807, 2.05) is 35.7 Å². The lowest BCUT2D eigenvalue weighted by Crippen LogP contribution is -2.28. The SMILES string of the molecule is CN(Cc1csc(-c2ccccc2)n1)C(=O)CSc1nnnn1C. The Morgan fingerprint density at radius 1 is 1.33 bits per heavy atom. The summed E-state index contributed by atoms with van der Waals surface area (Å²) in [6.07, 6.45) is 0. The molecule has 7 nitrogen and oxygen atoms in total. The molecule has 0 N–H and O–H groups in total. The number of rotatable bonds is 6. The van der Waals surface area contributed by atoms with Crippen LogP contribution in [0.2, 0.25) is 0 Å². The van der Waals surface area contributed by atoms with Crippen LogP contribution in [-0.2, 0) is 18.4 Å². The van der Waals surface area contributed by atoms with E-state index in [9.17, 15) is 4.79 Å². The van der Waals surface area contributed by atoms with Gasteiger partial charge in [0.25, 0.3) is 0 Å². The highest BCUT2D eigenvalue weighted by Crippen LogP contribution is 2.24. The third-order valence-corrected chi connectivity index (χ3v) is 5.24. The molecule has 3 rings (SSSR count). The Hall–Kier alpha value is -2.26. The van der Waals surface area contributed by atoms with Crippen molar-refractivity contribution in [3.8, 4) is 10.6 Å². The lowest BCUT2D eigenvalue weighted by atomic mass is 10.2. The summed E-state index contributed by atoms with van der Waals surface area (Å²) in [6, 6.07) is 10.0. The average Bonchev–Trinajstić information content (AvgIpc) is 3.22. The summed E-state index contributed by atoms with van der Waals surface area (Å²) < 4.78 is 1.55. The first-order valence-electron chi connectivity index (χ1n) is 7.22. The third-order valence-electron chi connectivity index (χ3n) is 3.30. The number of thioether (sulfide) groups is 1. The predicted octanol–water partition coefficient (Wildman–Crippen LogP) is 2.08. The monoisotopic (exact) mass is 360 g/mol. The molecule has 9 heteroatoms. The molecule has 0 radical (unpaired) electrons. The second kappa shape index (κ2) is 7.54. The van der Waals surface area contributed by atoms with Gasteiger partial charge in [-0.15, -0.1) is 16.4 Å². The Balaban J connectivity index is 1.56. The summed E-state index contributed by atoms with van der Waals surface area (Å²) >= 11 is 2.91. The van der Waals surface area contributed by atoms with Gasteiger partial charge in [0, 0.05) is 25.0 Å². The van der Waals surface area contributed by atoms with Crippen LogP contribution >= 0.6 is 23.1 Å². The maximum Gasteiger partial charge on any atom is 0.233 e. The molecule has 1 amide bonds. The minimum Gasteiger partial charge on any atom is -0.339 e. The first-order valence-corrected chi connectivity index (χ1v) is 9.09. The molecule has 0 saturated carbocycles. The predicted molar refractivity (Wildman–Crippen MR) is 93.5 cm³/mol. The van der Waals surface area contributed by atoms with Gasteiger partial charge in [-0.3, -0.25) is 4.79 Å². The fourth-order valence-electron chi connectivity index (χ4n) is 2.00. The molecule has 0 spiro atoms. The highest BCUT2D eigenvalue weighted by atomic mass is 32.2. The number of carbonyl (C=O) groups excluding carboxylic acids is 1. The van der Waals surface area contributed by atoms with Crippen LogP contribution in [0.4, 0.5) is 0 Å². The van der Waals surface area contributed by atoms with E-state index in [4.69, 9.17) is 0 Å². The zero-order valence-electron chi connectivity index (χ0n) is 13.3. The molecule has 1 aromatic carbocycles. The van der Waals surface area contributed by atoms with E-state index < -0.39 is 0 Å². The van der Waals surface area contributed by atoms with Crippen molar-refractivity contribution in [2.24, 2.45) is 7.05 Å². The van der Waals surface area contributed by atoms with E-state index >= 15 is 0 Å². The van der Waals surface area contributed by atoms with E-state index in [1.165, 1.54) is 11.8 Å². The number of amides is 1. The highest BCUT2D eigenvalue weighted by Gasteiger charge is 2.14. The molecule has 0 fully saturated rings. The number of aromatic nitrogens is 5. The number of carbonyl (C=O) groups is 1. The molecule has 124 valence electrons. The van der Waals surface area contributed by atoms with Crippen LogP contribution in [-0.4, -0.2) is 48.8 Å². The average molecular weight is 360 g/mol. The van der Waals surface area contributed by atoms with Crippen molar-refractivity contribution in [3.05, 3.63) is 41.4 Å². The van der Waals surface area contributed by atoms with Crippen LogP contribution in [0.3, 0.4) is 0 Å². The van der Waals surface area contributed by atoms with E-state index in [1.54, 1.807) is 35.0 Å². The molecule has 0 aliphatic carbocycles. The van der Waals surface area contributed by atoms with E-state index in [-0.39, 0.29) is 5.91 Å². The van der Waals surface area contributed by atoms with Crippen LogP contribution in [0.25, 0.3) is 10.6 Å². The number of tetrazole rings is 1. The summed E-state index contributed by atoms with van der Waals surface area (Å²) in [5, 5.41) is 14.7. The quantitative estimate of drug-likeness (QED) is 0.627. The number of benzene rings is 1. The second-order valence-electron chi connectivity index (χ2n) is 5.13. The second-order valence-corrected chi connectivity index (χ2v) is 6.93. The van der Waals surface area contributed by atoms with Gasteiger partial charge in [0.15, 0.2) is 0 Å². The van der Waals surface area contributed by atoms with E-state index in [0.717, 1.165) is 16.3 Å². The maximum absolute atomic E-state index is 12.2. The van der Waals surface area contributed by atoms with E-state index in [0.29, 0.717) is 17.5 Å². The van der Waals surface area contributed by atoms with Crippen LogP contribution in [0.5, 0.6) is 0 Å². The van der Waals surface area contributed by atoms with Gasteiger partial charge in [0.05, 0.1) is 18.0 Å². The third kappa shape index (κ3) is 3.98. The molecular weight excluding hydrogens is 344 g/mol. The summed E-state index contributed by atoms with van der Waals surface area (Å²) in [7, 11) is 3.52. The standard InChI is InChI=1S/C15H16N6OS2/c1-20(13(22)10-24-15-17-18-19-21(15)2)8-12-9-23-14(16-12)11-6-4-3-5-7-11/h3-7,9H,8,10H2,1-2H3. The Kier molecular flexibility index (Phi) is 5.21. The lowest BCUT2D eigenvalue weighted by Gasteiger charge is -2.15. The van der Waals surface area contributed by atoms with Crippen LogP contribution in [0.15, 0.2) is 40.9 Å². The summed E-state index contributed by atoms with van der Waals surface area (Å²) in [5.41, 5.74) is 1.98. The van der Waals surface area contributed by atoms with Crippen LogP contribution in [0.1, 0.15) is 5.69 Å². The van der Waals surface area contributed by atoms with Gasteiger partial charge in [-0.25, -0.2) is 9.67 Å². The van der Waals surface area contributed by atoms with Gasteiger partial charge in [-0.1, -0.05) is 42.1 Å². The fraction of sp³-hybridized carbons (Fsp3) is 0.267. The number of aryl methyl sites for hydroxylation is 1. The Morgan fingerprint density at radius 3 is 2.83 bits per heavy atom. The van der Waals surface area contributed by atoms with Crippen molar-refractivity contribution in [1.82, 2.24) is 30.1 Å². The number of nitrogens with zero attached hydrogens (tertiary/aromatic N) is 6. The Bertz CT molecular complexity index is 816. The van der Waals surface area contributed by atoms with Crippen molar-refractivity contribution in [2.75, 3.05) is 12.8 Å². The molecule has 0 unspecified atom stereocenters. The summed E-state index contributed by atoms with van der Waals surface area (Å²) in [4.78, 5) is 18.5. The van der Waals surface area contributed by atoms with Gasteiger partial charge < -0.3 is 4.90 Å². The molecule has 2 aromatic heterocycles. The van der Waals surface area contributed by atoms with Crippen LogP contribution in [0, 0.1) is 0 Å². The summed E-state index contributed by atoms with van der Waals surface area (Å²) in [6.45, 7) is 0.486.